The van der Waals surface area contributed by atoms with E-state index in [0.717, 1.165) is 19.3 Å². The zero-order valence-corrected chi connectivity index (χ0v) is 12.0. The van der Waals surface area contributed by atoms with Crippen molar-refractivity contribution in [3.63, 3.8) is 0 Å². The first-order valence-electron chi connectivity index (χ1n) is 6.35. The highest BCUT2D eigenvalue weighted by Crippen LogP contribution is 2.63. The Morgan fingerprint density at radius 3 is 2.32 bits per heavy atom. The van der Waals surface area contributed by atoms with Gasteiger partial charge in [-0.1, -0.05) is 30.2 Å². The molecule has 1 spiro atoms. The second-order valence-electron chi connectivity index (χ2n) is 5.75. The van der Waals surface area contributed by atoms with Gasteiger partial charge in [-0.05, 0) is 43.2 Å². The molecule has 0 radical (unpaired) electrons. The molecule has 0 atom stereocenters. The first kappa shape index (κ1) is 13.0. The Balaban J connectivity index is 2.01. The van der Waals surface area contributed by atoms with Crippen LogP contribution in [0, 0.1) is 16.7 Å². The van der Waals surface area contributed by atoms with Gasteiger partial charge < -0.3 is 0 Å². The van der Waals surface area contributed by atoms with Crippen molar-refractivity contribution in [2.75, 3.05) is 0 Å². The van der Waals surface area contributed by atoms with E-state index in [2.05, 4.69) is 6.07 Å². The van der Waals surface area contributed by atoms with Crippen LogP contribution in [0.4, 0.5) is 0 Å². The maximum Gasteiger partial charge on any atom is 0.198 e. The molecule has 2 aliphatic carbocycles. The van der Waals surface area contributed by atoms with Crippen LogP contribution in [0.3, 0.4) is 0 Å². The lowest BCUT2D eigenvalue weighted by Crippen LogP contribution is -2.58. The molecular formula is C14H14ClNO2S. The van der Waals surface area contributed by atoms with Crippen molar-refractivity contribution in [1.82, 2.24) is 0 Å². The molecule has 0 amide bonds. The van der Waals surface area contributed by atoms with Crippen molar-refractivity contribution < 1.29 is 8.42 Å². The Labute approximate surface area is 118 Å². The summed E-state index contributed by atoms with van der Waals surface area (Å²) in [7, 11) is -3.68. The first-order valence-corrected chi connectivity index (χ1v) is 8.21. The number of hydrogen-bond donors (Lipinski definition) is 0. The first-order chi connectivity index (χ1) is 8.95. The molecule has 0 bridgehead atoms. The number of benzene rings is 1. The van der Waals surface area contributed by atoms with Gasteiger partial charge in [0.05, 0.1) is 16.0 Å². The fourth-order valence-corrected chi connectivity index (χ4v) is 5.95. The van der Waals surface area contributed by atoms with E-state index in [1.807, 2.05) is 0 Å². The summed E-state index contributed by atoms with van der Waals surface area (Å²) >= 11 is 5.98. The van der Waals surface area contributed by atoms with E-state index < -0.39 is 14.6 Å². The van der Waals surface area contributed by atoms with Crippen LogP contribution in [0.1, 0.15) is 32.1 Å². The standard InChI is InChI=1S/C14H14ClNO2S/c15-11-4-1-2-5-12(11)19(17,18)14(10-16)8-13(9-14)6-3-7-13/h1-2,4-5H,3,6-9H2. The summed E-state index contributed by atoms with van der Waals surface area (Å²) in [6, 6.07) is 8.43. The normalized spacial score (nSPS) is 23.2. The third-order valence-corrected chi connectivity index (χ3v) is 7.37. The summed E-state index contributed by atoms with van der Waals surface area (Å²) in [6.45, 7) is 0. The highest BCUT2D eigenvalue weighted by atomic mass is 35.5. The molecule has 5 heteroatoms. The molecule has 100 valence electrons. The van der Waals surface area contributed by atoms with Gasteiger partial charge in [0.15, 0.2) is 14.6 Å². The summed E-state index contributed by atoms with van der Waals surface area (Å²) in [6.07, 6.45) is 4.17. The summed E-state index contributed by atoms with van der Waals surface area (Å²) in [5.74, 6) is 0. The second kappa shape index (κ2) is 3.97. The minimum Gasteiger partial charge on any atom is -0.222 e. The van der Waals surface area contributed by atoms with E-state index in [4.69, 9.17) is 11.6 Å². The molecule has 0 saturated heterocycles. The fraction of sp³-hybridized carbons (Fsp3) is 0.500. The predicted molar refractivity (Wildman–Crippen MR) is 72.5 cm³/mol. The van der Waals surface area contributed by atoms with E-state index in [0.29, 0.717) is 12.8 Å². The van der Waals surface area contributed by atoms with Crippen molar-refractivity contribution in [3.05, 3.63) is 29.3 Å². The number of nitrogens with zero attached hydrogens (tertiary/aromatic N) is 1. The summed E-state index contributed by atoms with van der Waals surface area (Å²) in [5.41, 5.74) is 0.115. The van der Waals surface area contributed by atoms with E-state index >= 15 is 0 Å². The van der Waals surface area contributed by atoms with Crippen molar-refractivity contribution >= 4 is 21.4 Å². The lowest BCUT2D eigenvalue weighted by atomic mass is 9.52. The quantitative estimate of drug-likeness (QED) is 0.841. The van der Waals surface area contributed by atoms with Crippen LogP contribution >= 0.6 is 11.6 Å². The average Bonchev–Trinajstić information content (AvgIpc) is 2.26. The molecular weight excluding hydrogens is 282 g/mol. The van der Waals surface area contributed by atoms with Gasteiger partial charge in [-0.15, -0.1) is 0 Å². The topological polar surface area (TPSA) is 57.9 Å². The van der Waals surface area contributed by atoms with E-state index in [1.54, 1.807) is 18.2 Å². The van der Waals surface area contributed by atoms with Crippen LogP contribution in [0.25, 0.3) is 0 Å². The molecule has 3 rings (SSSR count). The lowest BCUT2D eigenvalue weighted by Gasteiger charge is -2.57. The van der Waals surface area contributed by atoms with Gasteiger partial charge in [0, 0.05) is 0 Å². The maximum atomic E-state index is 12.7. The summed E-state index contributed by atoms with van der Waals surface area (Å²) < 4.78 is 24.2. The van der Waals surface area contributed by atoms with E-state index in [-0.39, 0.29) is 15.3 Å². The van der Waals surface area contributed by atoms with Gasteiger partial charge in [-0.3, -0.25) is 0 Å². The molecule has 3 nitrogen and oxygen atoms in total. The van der Waals surface area contributed by atoms with Gasteiger partial charge in [-0.25, -0.2) is 8.42 Å². The zero-order chi connectivity index (χ0) is 13.7. The number of rotatable bonds is 2. The third kappa shape index (κ3) is 1.65. The smallest absolute Gasteiger partial charge is 0.198 e. The Bertz CT molecular complexity index is 663. The Kier molecular flexibility index (Phi) is 2.71. The largest absolute Gasteiger partial charge is 0.222 e. The monoisotopic (exact) mass is 295 g/mol. The van der Waals surface area contributed by atoms with Gasteiger partial charge in [0.1, 0.15) is 0 Å². The molecule has 0 unspecified atom stereocenters. The highest BCUT2D eigenvalue weighted by molar-refractivity contribution is 7.93. The van der Waals surface area contributed by atoms with Crippen molar-refractivity contribution in [2.24, 2.45) is 5.41 Å². The Hall–Kier alpha value is -1.05. The summed E-state index contributed by atoms with van der Waals surface area (Å²) in [4.78, 5) is 0.0902. The number of sulfone groups is 1. The van der Waals surface area contributed by atoms with Gasteiger partial charge in [0.2, 0.25) is 0 Å². The highest BCUT2D eigenvalue weighted by Gasteiger charge is 2.64. The minimum absolute atomic E-state index is 0.0902. The maximum absolute atomic E-state index is 12.7. The molecule has 2 aliphatic rings. The van der Waals surface area contributed by atoms with E-state index in [9.17, 15) is 13.7 Å². The van der Waals surface area contributed by atoms with Crippen LogP contribution in [0.15, 0.2) is 29.2 Å². The van der Waals surface area contributed by atoms with Crippen LogP contribution in [0.5, 0.6) is 0 Å². The van der Waals surface area contributed by atoms with Crippen LogP contribution < -0.4 is 0 Å². The van der Waals surface area contributed by atoms with Crippen LogP contribution in [0.2, 0.25) is 5.02 Å². The Morgan fingerprint density at radius 1 is 1.21 bits per heavy atom. The predicted octanol–water partition coefficient (Wildman–Crippen LogP) is 3.34. The molecule has 1 aromatic rings. The molecule has 1 aromatic carbocycles. The zero-order valence-electron chi connectivity index (χ0n) is 10.4. The van der Waals surface area contributed by atoms with Crippen molar-refractivity contribution in [1.29, 1.82) is 5.26 Å². The minimum atomic E-state index is -3.68. The molecule has 19 heavy (non-hydrogen) atoms. The van der Waals surface area contributed by atoms with Gasteiger partial charge in [-0.2, -0.15) is 5.26 Å². The van der Waals surface area contributed by atoms with E-state index in [1.165, 1.54) is 6.07 Å². The molecule has 0 aliphatic heterocycles. The number of nitriles is 1. The van der Waals surface area contributed by atoms with Gasteiger partial charge >= 0.3 is 0 Å². The molecule has 0 N–H and O–H groups in total. The fourth-order valence-electron chi connectivity index (χ4n) is 3.39. The van der Waals surface area contributed by atoms with Crippen LogP contribution in [-0.2, 0) is 9.84 Å². The van der Waals surface area contributed by atoms with Crippen molar-refractivity contribution in [3.8, 4) is 6.07 Å². The molecule has 2 fully saturated rings. The molecule has 0 aromatic heterocycles. The molecule has 2 saturated carbocycles. The van der Waals surface area contributed by atoms with Crippen molar-refractivity contribution in [2.45, 2.75) is 41.7 Å². The SMILES string of the molecule is N#CC1(S(=O)(=O)c2ccccc2Cl)CC2(CCC2)C1. The summed E-state index contributed by atoms with van der Waals surface area (Å²) in [5, 5.41) is 9.60. The number of halogens is 1. The average molecular weight is 296 g/mol. The lowest BCUT2D eigenvalue weighted by molar-refractivity contribution is 0.0115. The third-order valence-electron chi connectivity index (χ3n) is 4.58. The van der Waals surface area contributed by atoms with Crippen LogP contribution in [-0.4, -0.2) is 13.2 Å². The molecule has 0 heterocycles. The second-order valence-corrected chi connectivity index (χ2v) is 8.38. The Morgan fingerprint density at radius 2 is 1.84 bits per heavy atom. The van der Waals surface area contributed by atoms with Gasteiger partial charge in [0.25, 0.3) is 0 Å². The number of hydrogen-bond acceptors (Lipinski definition) is 3.